The summed E-state index contributed by atoms with van der Waals surface area (Å²) in [6, 6.07) is 7.44. The lowest BCUT2D eigenvalue weighted by Crippen LogP contribution is -2.50. The molecule has 1 heterocycles. The van der Waals surface area contributed by atoms with Gasteiger partial charge in [-0.2, -0.15) is 0 Å². The monoisotopic (exact) mass is 295 g/mol. The molecule has 0 fully saturated rings. The Morgan fingerprint density at radius 1 is 1.43 bits per heavy atom. The Morgan fingerprint density at radius 3 is 2.71 bits per heavy atom. The van der Waals surface area contributed by atoms with Crippen LogP contribution in [0, 0.1) is 0 Å². The van der Waals surface area contributed by atoms with E-state index in [2.05, 4.69) is 0 Å². The minimum atomic E-state index is -1.77. The topological polar surface area (TPSA) is 79.2 Å². The SMILES string of the molecule is CCN(CC1COc2ccccc2O1)CC(C)(O)C(=O)O. The number of rotatable bonds is 6. The van der Waals surface area contributed by atoms with Crippen LogP contribution in [0.4, 0.5) is 0 Å². The van der Waals surface area contributed by atoms with Crippen LogP contribution < -0.4 is 9.47 Å². The molecule has 2 unspecified atom stereocenters. The van der Waals surface area contributed by atoms with Crippen LogP contribution in [0.3, 0.4) is 0 Å². The molecule has 0 spiro atoms. The first-order valence-electron chi connectivity index (χ1n) is 6.99. The average molecular weight is 295 g/mol. The maximum absolute atomic E-state index is 11.0. The molecule has 0 saturated carbocycles. The number of nitrogens with zero attached hydrogens (tertiary/aromatic N) is 1. The molecular formula is C15H21NO5. The van der Waals surface area contributed by atoms with Crippen molar-refractivity contribution in [2.75, 3.05) is 26.2 Å². The van der Waals surface area contributed by atoms with Crippen molar-refractivity contribution in [2.45, 2.75) is 25.6 Å². The summed E-state index contributed by atoms with van der Waals surface area (Å²) in [5.41, 5.74) is -1.77. The normalized spacial score (nSPS) is 20.1. The lowest BCUT2D eigenvalue weighted by atomic mass is 10.1. The van der Waals surface area contributed by atoms with Crippen LogP contribution in [0.15, 0.2) is 24.3 Å². The fourth-order valence-corrected chi connectivity index (χ4v) is 2.25. The van der Waals surface area contributed by atoms with Crippen LogP contribution in [-0.2, 0) is 4.79 Å². The Morgan fingerprint density at radius 2 is 2.10 bits per heavy atom. The minimum absolute atomic E-state index is 0.0420. The van der Waals surface area contributed by atoms with Crippen LogP contribution >= 0.6 is 0 Å². The highest BCUT2D eigenvalue weighted by Crippen LogP contribution is 2.31. The number of hydrogen-bond donors (Lipinski definition) is 2. The largest absolute Gasteiger partial charge is 0.486 e. The molecule has 6 nitrogen and oxygen atoms in total. The number of fused-ring (bicyclic) bond motifs is 1. The van der Waals surface area contributed by atoms with Crippen molar-refractivity contribution in [2.24, 2.45) is 0 Å². The summed E-state index contributed by atoms with van der Waals surface area (Å²) in [6.45, 7) is 4.77. The van der Waals surface area contributed by atoms with Crippen LogP contribution in [0.2, 0.25) is 0 Å². The van der Waals surface area contributed by atoms with Gasteiger partial charge in [0.25, 0.3) is 0 Å². The van der Waals surface area contributed by atoms with E-state index < -0.39 is 11.6 Å². The molecule has 0 amide bonds. The van der Waals surface area contributed by atoms with Crippen LogP contribution in [0.5, 0.6) is 11.5 Å². The highest BCUT2D eigenvalue weighted by atomic mass is 16.6. The first-order chi connectivity index (χ1) is 9.92. The Labute approximate surface area is 123 Å². The molecule has 1 aromatic rings. The van der Waals surface area contributed by atoms with Crippen molar-refractivity contribution in [1.82, 2.24) is 4.90 Å². The van der Waals surface area contributed by atoms with E-state index in [0.717, 1.165) is 0 Å². The smallest absolute Gasteiger partial charge is 0.336 e. The zero-order valence-corrected chi connectivity index (χ0v) is 12.3. The fraction of sp³-hybridized carbons (Fsp3) is 0.533. The third-order valence-corrected chi connectivity index (χ3v) is 3.47. The van der Waals surface area contributed by atoms with E-state index in [-0.39, 0.29) is 12.6 Å². The number of carboxylic acids is 1. The Kier molecular flexibility index (Phi) is 4.69. The summed E-state index contributed by atoms with van der Waals surface area (Å²) in [7, 11) is 0. The zero-order chi connectivity index (χ0) is 15.5. The summed E-state index contributed by atoms with van der Waals surface area (Å²) < 4.78 is 11.5. The quantitative estimate of drug-likeness (QED) is 0.814. The number of hydrogen-bond acceptors (Lipinski definition) is 5. The zero-order valence-electron chi connectivity index (χ0n) is 12.3. The highest BCUT2D eigenvalue weighted by molar-refractivity contribution is 5.76. The minimum Gasteiger partial charge on any atom is -0.486 e. The van der Waals surface area contributed by atoms with Gasteiger partial charge in [0, 0.05) is 13.1 Å². The fourth-order valence-electron chi connectivity index (χ4n) is 2.25. The van der Waals surface area contributed by atoms with E-state index in [1.54, 1.807) is 0 Å². The van der Waals surface area contributed by atoms with Gasteiger partial charge in [0.15, 0.2) is 17.1 Å². The van der Waals surface area contributed by atoms with Crippen molar-refractivity contribution in [3.8, 4) is 11.5 Å². The Bertz CT molecular complexity index is 503. The van der Waals surface area contributed by atoms with Crippen molar-refractivity contribution in [3.05, 3.63) is 24.3 Å². The van der Waals surface area contributed by atoms with Gasteiger partial charge < -0.3 is 19.7 Å². The third-order valence-electron chi connectivity index (χ3n) is 3.47. The molecule has 6 heteroatoms. The third kappa shape index (κ3) is 3.86. The average Bonchev–Trinajstić information content (AvgIpc) is 2.46. The van der Waals surface area contributed by atoms with Crippen LogP contribution in [-0.4, -0.2) is 59.0 Å². The number of likely N-dealkylation sites (N-methyl/N-ethyl adjacent to an activating group) is 1. The number of aliphatic hydroxyl groups is 1. The van der Waals surface area contributed by atoms with Gasteiger partial charge in [0.2, 0.25) is 0 Å². The molecule has 0 saturated heterocycles. The predicted molar refractivity (Wildman–Crippen MR) is 76.7 cm³/mol. The molecule has 1 aromatic carbocycles. The van der Waals surface area contributed by atoms with E-state index in [0.29, 0.717) is 31.2 Å². The Balaban J connectivity index is 1.96. The Hall–Kier alpha value is -1.79. The van der Waals surface area contributed by atoms with Gasteiger partial charge >= 0.3 is 5.97 Å². The summed E-state index contributed by atoms with van der Waals surface area (Å²) in [5.74, 6) is 0.177. The number of ether oxygens (including phenoxy) is 2. The molecule has 116 valence electrons. The molecule has 1 aliphatic rings. The lowest BCUT2D eigenvalue weighted by molar-refractivity contribution is -0.158. The number of benzene rings is 1. The number of carbonyl (C=O) groups is 1. The van der Waals surface area contributed by atoms with Crippen LogP contribution in [0.25, 0.3) is 0 Å². The summed E-state index contributed by atoms with van der Waals surface area (Å²) in [6.07, 6.45) is -0.190. The maximum Gasteiger partial charge on any atom is 0.336 e. The molecule has 0 radical (unpaired) electrons. The highest BCUT2D eigenvalue weighted by Gasteiger charge is 2.33. The molecule has 0 bridgehead atoms. The van der Waals surface area contributed by atoms with Gasteiger partial charge in [0.05, 0.1) is 0 Å². The van der Waals surface area contributed by atoms with Gasteiger partial charge in [-0.15, -0.1) is 0 Å². The van der Waals surface area contributed by atoms with E-state index in [9.17, 15) is 9.90 Å². The maximum atomic E-state index is 11.0. The summed E-state index contributed by atoms with van der Waals surface area (Å²) in [4.78, 5) is 12.8. The number of aliphatic carboxylic acids is 1. The lowest BCUT2D eigenvalue weighted by Gasteiger charge is -2.33. The first-order valence-corrected chi connectivity index (χ1v) is 6.99. The molecule has 2 rings (SSSR count). The van der Waals surface area contributed by atoms with Crippen molar-refractivity contribution in [3.63, 3.8) is 0 Å². The molecule has 21 heavy (non-hydrogen) atoms. The van der Waals surface area contributed by atoms with E-state index in [1.807, 2.05) is 36.1 Å². The van der Waals surface area contributed by atoms with Gasteiger partial charge in [-0.3, -0.25) is 4.90 Å². The van der Waals surface area contributed by atoms with Gasteiger partial charge in [-0.1, -0.05) is 19.1 Å². The van der Waals surface area contributed by atoms with Gasteiger partial charge in [-0.25, -0.2) is 4.79 Å². The second kappa shape index (κ2) is 6.32. The molecule has 2 N–H and O–H groups in total. The standard InChI is InChI=1S/C15H21NO5/c1-3-16(10-15(2,19)14(17)18)8-11-9-20-12-6-4-5-7-13(12)21-11/h4-7,11,19H,3,8-10H2,1-2H3,(H,17,18). The summed E-state index contributed by atoms with van der Waals surface area (Å²) in [5, 5.41) is 18.9. The van der Waals surface area contributed by atoms with Crippen molar-refractivity contribution >= 4 is 5.97 Å². The number of carboxylic acid groups (broad SMARTS) is 1. The van der Waals surface area contributed by atoms with E-state index in [1.165, 1.54) is 6.92 Å². The summed E-state index contributed by atoms with van der Waals surface area (Å²) >= 11 is 0. The van der Waals surface area contributed by atoms with Crippen LogP contribution in [0.1, 0.15) is 13.8 Å². The van der Waals surface area contributed by atoms with Gasteiger partial charge in [0.1, 0.15) is 12.7 Å². The molecule has 0 aromatic heterocycles. The number of para-hydroxylation sites is 2. The van der Waals surface area contributed by atoms with E-state index >= 15 is 0 Å². The van der Waals surface area contributed by atoms with E-state index in [4.69, 9.17) is 14.6 Å². The first kappa shape index (κ1) is 15.6. The molecule has 2 atom stereocenters. The molecular weight excluding hydrogens is 274 g/mol. The van der Waals surface area contributed by atoms with Gasteiger partial charge in [-0.05, 0) is 25.6 Å². The second-order valence-electron chi connectivity index (χ2n) is 5.40. The molecule has 0 aliphatic carbocycles. The molecule has 1 aliphatic heterocycles. The van der Waals surface area contributed by atoms with Crippen molar-refractivity contribution < 1.29 is 24.5 Å². The van der Waals surface area contributed by atoms with Crippen molar-refractivity contribution in [1.29, 1.82) is 0 Å². The predicted octanol–water partition coefficient (Wildman–Crippen LogP) is 0.984. The second-order valence-corrected chi connectivity index (χ2v) is 5.40.